The molecule has 0 unspecified atom stereocenters. The third-order valence-corrected chi connectivity index (χ3v) is 5.74. The van der Waals surface area contributed by atoms with E-state index in [9.17, 15) is 8.42 Å². The molecular formula is C12H25N3O2S. The molecule has 2 aliphatic rings. The van der Waals surface area contributed by atoms with Gasteiger partial charge in [-0.05, 0) is 26.7 Å². The summed E-state index contributed by atoms with van der Waals surface area (Å²) in [6.07, 6.45) is 4.29. The first-order chi connectivity index (χ1) is 8.42. The van der Waals surface area contributed by atoms with E-state index < -0.39 is 10.2 Å². The summed E-state index contributed by atoms with van der Waals surface area (Å²) in [5, 5.41) is 3.35. The number of piperazine rings is 1. The summed E-state index contributed by atoms with van der Waals surface area (Å²) in [5.41, 5.74) is -0.128. The highest BCUT2D eigenvalue weighted by Crippen LogP contribution is 2.20. The number of hydrogen-bond donors (Lipinski definition) is 1. The minimum atomic E-state index is -3.25. The van der Waals surface area contributed by atoms with Gasteiger partial charge < -0.3 is 5.32 Å². The van der Waals surface area contributed by atoms with Crippen LogP contribution < -0.4 is 5.32 Å². The van der Waals surface area contributed by atoms with E-state index in [1.807, 2.05) is 0 Å². The van der Waals surface area contributed by atoms with E-state index in [4.69, 9.17) is 0 Å². The van der Waals surface area contributed by atoms with Gasteiger partial charge in [-0.25, -0.2) is 0 Å². The number of nitrogens with one attached hydrogen (secondary N) is 1. The zero-order valence-electron chi connectivity index (χ0n) is 11.5. The van der Waals surface area contributed by atoms with Gasteiger partial charge in [0.2, 0.25) is 0 Å². The lowest BCUT2D eigenvalue weighted by molar-refractivity contribution is 0.220. The average molecular weight is 275 g/mol. The molecule has 2 saturated heterocycles. The van der Waals surface area contributed by atoms with Crippen LogP contribution in [0.3, 0.4) is 0 Å². The Morgan fingerprint density at radius 3 is 2.11 bits per heavy atom. The zero-order chi connectivity index (χ0) is 13.2. The van der Waals surface area contributed by atoms with Crippen LogP contribution in [0.4, 0.5) is 0 Å². The SMILES string of the molecule is CC1(C)CN(S(=O)(=O)N2CCCCCC2)CCN1. The van der Waals surface area contributed by atoms with Crippen molar-refractivity contribution in [2.24, 2.45) is 0 Å². The van der Waals surface area contributed by atoms with Crippen molar-refractivity contribution in [3.63, 3.8) is 0 Å². The van der Waals surface area contributed by atoms with Crippen molar-refractivity contribution < 1.29 is 8.42 Å². The summed E-state index contributed by atoms with van der Waals surface area (Å²) < 4.78 is 28.5. The molecule has 2 fully saturated rings. The maximum Gasteiger partial charge on any atom is 0.282 e. The van der Waals surface area contributed by atoms with Gasteiger partial charge in [-0.3, -0.25) is 0 Å². The van der Waals surface area contributed by atoms with Gasteiger partial charge in [0.1, 0.15) is 0 Å². The number of hydrogen-bond acceptors (Lipinski definition) is 3. The molecule has 2 heterocycles. The highest BCUT2D eigenvalue weighted by Gasteiger charge is 2.36. The Labute approximate surface area is 111 Å². The van der Waals surface area contributed by atoms with Gasteiger partial charge in [-0.2, -0.15) is 17.0 Å². The van der Waals surface area contributed by atoms with E-state index in [-0.39, 0.29) is 5.54 Å². The fraction of sp³-hybridized carbons (Fsp3) is 1.00. The van der Waals surface area contributed by atoms with Gasteiger partial charge in [0, 0.05) is 38.3 Å². The van der Waals surface area contributed by atoms with Crippen LogP contribution in [0.25, 0.3) is 0 Å². The Morgan fingerprint density at radius 1 is 0.944 bits per heavy atom. The molecule has 5 nitrogen and oxygen atoms in total. The molecule has 6 heteroatoms. The Kier molecular flexibility index (Phi) is 4.31. The molecule has 0 amide bonds. The first-order valence-electron chi connectivity index (χ1n) is 6.92. The summed E-state index contributed by atoms with van der Waals surface area (Å²) in [7, 11) is -3.25. The van der Waals surface area contributed by atoms with Crippen molar-refractivity contribution in [2.45, 2.75) is 45.1 Å². The molecule has 1 N–H and O–H groups in total. The van der Waals surface area contributed by atoms with Gasteiger partial charge >= 0.3 is 0 Å². The smallest absolute Gasteiger partial charge is 0.282 e. The largest absolute Gasteiger partial charge is 0.309 e. The first kappa shape index (κ1) is 14.2. The third-order valence-electron chi connectivity index (χ3n) is 3.75. The van der Waals surface area contributed by atoms with Crippen LogP contribution in [-0.4, -0.2) is 55.3 Å². The maximum atomic E-state index is 12.6. The van der Waals surface area contributed by atoms with Crippen molar-refractivity contribution in [2.75, 3.05) is 32.7 Å². The van der Waals surface area contributed by atoms with E-state index in [2.05, 4.69) is 19.2 Å². The minimum Gasteiger partial charge on any atom is -0.309 e. The molecule has 2 rings (SSSR count). The minimum absolute atomic E-state index is 0.128. The van der Waals surface area contributed by atoms with E-state index in [0.29, 0.717) is 26.2 Å². The van der Waals surface area contributed by atoms with Crippen molar-refractivity contribution in [1.82, 2.24) is 13.9 Å². The van der Waals surface area contributed by atoms with Crippen LogP contribution >= 0.6 is 0 Å². The normalized spacial score (nSPS) is 27.9. The van der Waals surface area contributed by atoms with Gasteiger partial charge in [-0.15, -0.1) is 0 Å². The molecule has 0 aromatic rings. The molecule has 0 saturated carbocycles. The first-order valence-corrected chi connectivity index (χ1v) is 8.32. The van der Waals surface area contributed by atoms with Crippen LogP contribution in [-0.2, 0) is 10.2 Å². The molecule has 0 aliphatic carbocycles. The Hall–Kier alpha value is -0.170. The second kappa shape index (κ2) is 5.45. The molecule has 18 heavy (non-hydrogen) atoms. The molecule has 0 radical (unpaired) electrons. The lowest BCUT2D eigenvalue weighted by Gasteiger charge is -2.40. The molecule has 0 aromatic carbocycles. The van der Waals surface area contributed by atoms with Crippen molar-refractivity contribution in [1.29, 1.82) is 0 Å². The quantitative estimate of drug-likeness (QED) is 0.811. The molecule has 106 valence electrons. The number of nitrogens with zero attached hydrogens (tertiary/aromatic N) is 2. The summed E-state index contributed by atoms with van der Waals surface area (Å²) >= 11 is 0. The predicted molar refractivity (Wildman–Crippen MR) is 72.6 cm³/mol. The van der Waals surface area contributed by atoms with E-state index in [0.717, 1.165) is 32.2 Å². The average Bonchev–Trinajstić information content (AvgIpc) is 2.56. The molecule has 0 spiro atoms. The van der Waals surface area contributed by atoms with E-state index in [1.165, 1.54) is 0 Å². The standard InChI is InChI=1S/C12H25N3O2S/c1-12(2)11-15(10-7-13-12)18(16,17)14-8-5-3-4-6-9-14/h13H,3-11H2,1-2H3. The Balaban J connectivity index is 2.09. The highest BCUT2D eigenvalue weighted by molar-refractivity contribution is 7.86. The molecular weight excluding hydrogens is 250 g/mol. The maximum absolute atomic E-state index is 12.6. The highest BCUT2D eigenvalue weighted by atomic mass is 32.2. The molecule has 2 aliphatic heterocycles. The number of rotatable bonds is 2. The summed E-state index contributed by atoms with van der Waals surface area (Å²) in [6, 6.07) is 0. The van der Waals surface area contributed by atoms with Crippen molar-refractivity contribution in [3.05, 3.63) is 0 Å². The summed E-state index contributed by atoms with van der Waals surface area (Å²) in [5.74, 6) is 0. The van der Waals surface area contributed by atoms with E-state index in [1.54, 1.807) is 8.61 Å². The third kappa shape index (κ3) is 3.23. The fourth-order valence-corrected chi connectivity index (χ4v) is 4.58. The summed E-state index contributed by atoms with van der Waals surface area (Å²) in [6.45, 7) is 7.36. The second-order valence-corrected chi connectivity index (χ2v) is 7.89. The van der Waals surface area contributed by atoms with Crippen LogP contribution in [0, 0.1) is 0 Å². The fourth-order valence-electron chi connectivity index (χ4n) is 2.73. The van der Waals surface area contributed by atoms with Gasteiger partial charge in [0.15, 0.2) is 0 Å². The Bertz CT molecular complexity index is 373. The lowest BCUT2D eigenvalue weighted by atomic mass is 10.0. The van der Waals surface area contributed by atoms with Crippen LogP contribution in [0.1, 0.15) is 39.5 Å². The molecule has 0 bridgehead atoms. The van der Waals surface area contributed by atoms with Crippen molar-refractivity contribution >= 4 is 10.2 Å². The van der Waals surface area contributed by atoms with Gasteiger partial charge in [0.25, 0.3) is 10.2 Å². The van der Waals surface area contributed by atoms with E-state index >= 15 is 0 Å². The Morgan fingerprint density at radius 2 is 1.56 bits per heavy atom. The predicted octanol–water partition coefficient (Wildman–Crippen LogP) is 0.791. The summed E-state index contributed by atoms with van der Waals surface area (Å²) in [4.78, 5) is 0. The van der Waals surface area contributed by atoms with Crippen LogP contribution in [0.15, 0.2) is 0 Å². The van der Waals surface area contributed by atoms with Gasteiger partial charge in [-0.1, -0.05) is 12.8 Å². The van der Waals surface area contributed by atoms with Crippen LogP contribution in [0.5, 0.6) is 0 Å². The molecule has 0 aromatic heterocycles. The van der Waals surface area contributed by atoms with Crippen LogP contribution in [0.2, 0.25) is 0 Å². The van der Waals surface area contributed by atoms with Gasteiger partial charge in [0.05, 0.1) is 0 Å². The second-order valence-electron chi connectivity index (χ2n) is 5.97. The molecule has 0 atom stereocenters. The topological polar surface area (TPSA) is 52.7 Å². The lowest BCUT2D eigenvalue weighted by Crippen LogP contribution is -2.60. The zero-order valence-corrected chi connectivity index (χ0v) is 12.3. The van der Waals surface area contributed by atoms with Crippen molar-refractivity contribution in [3.8, 4) is 0 Å². The monoisotopic (exact) mass is 275 g/mol.